The summed E-state index contributed by atoms with van der Waals surface area (Å²) in [6.45, 7) is 4.41. The standard InChI is InChI=1S/C8H14N2/c1-3-7(10-2)8(6-9)4-5-8/h3H,1,4-6,9H2,2H3. The molecule has 2 N–H and O–H groups in total. The number of nitrogens with zero attached hydrogens (tertiary/aromatic N) is 1. The monoisotopic (exact) mass is 138 g/mol. The number of hydrogen-bond acceptors (Lipinski definition) is 2. The van der Waals surface area contributed by atoms with Crippen molar-refractivity contribution in [3.8, 4) is 0 Å². The predicted molar refractivity (Wildman–Crippen MR) is 44.3 cm³/mol. The van der Waals surface area contributed by atoms with Gasteiger partial charge in [-0.2, -0.15) is 0 Å². The van der Waals surface area contributed by atoms with Crippen molar-refractivity contribution in [1.82, 2.24) is 0 Å². The second-order valence-corrected chi connectivity index (χ2v) is 2.80. The quantitative estimate of drug-likeness (QED) is 0.580. The van der Waals surface area contributed by atoms with Gasteiger partial charge < -0.3 is 5.73 Å². The molecule has 1 saturated carbocycles. The molecule has 0 heterocycles. The van der Waals surface area contributed by atoms with E-state index in [1.54, 1.807) is 7.05 Å². The molecule has 2 heteroatoms. The van der Waals surface area contributed by atoms with Gasteiger partial charge in [0.25, 0.3) is 0 Å². The maximum Gasteiger partial charge on any atom is 0.0413 e. The molecule has 1 rings (SSSR count). The molecular weight excluding hydrogens is 124 g/mol. The molecule has 10 heavy (non-hydrogen) atoms. The van der Waals surface area contributed by atoms with E-state index in [9.17, 15) is 0 Å². The minimum absolute atomic E-state index is 0.219. The van der Waals surface area contributed by atoms with Gasteiger partial charge in [0.2, 0.25) is 0 Å². The largest absolute Gasteiger partial charge is 0.330 e. The van der Waals surface area contributed by atoms with Crippen LogP contribution in [0.3, 0.4) is 0 Å². The molecule has 0 bridgehead atoms. The van der Waals surface area contributed by atoms with Crippen molar-refractivity contribution in [2.24, 2.45) is 16.1 Å². The summed E-state index contributed by atoms with van der Waals surface area (Å²) in [7, 11) is 1.80. The lowest BCUT2D eigenvalue weighted by molar-refractivity contribution is 0.714. The first kappa shape index (κ1) is 7.48. The third-order valence-electron chi connectivity index (χ3n) is 2.22. The van der Waals surface area contributed by atoms with Crippen LogP contribution in [-0.4, -0.2) is 19.3 Å². The molecule has 0 aromatic heterocycles. The zero-order chi connectivity index (χ0) is 7.61. The van der Waals surface area contributed by atoms with E-state index in [1.165, 1.54) is 12.8 Å². The van der Waals surface area contributed by atoms with Gasteiger partial charge in [-0.05, 0) is 18.9 Å². The molecule has 0 atom stereocenters. The lowest BCUT2D eigenvalue weighted by Gasteiger charge is -2.10. The summed E-state index contributed by atoms with van der Waals surface area (Å²) in [6.07, 6.45) is 4.18. The molecule has 0 aliphatic heterocycles. The number of rotatable bonds is 3. The summed E-state index contributed by atoms with van der Waals surface area (Å²) in [5, 5.41) is 0. The van der Waals surface area contributed by atoms with Gasteiger partial charge in [-0.25, -0.2) is 0 Å². The number of allylic oxidation sites excluding steroid dienone is 1. The van der Waals surface area contributed by atoms with Crippen molar-refractivity contribution < 1.29 is 0 Å². The van der Waals surface area contributed by atoms with Gasteiger partial charge in [0, 0.05) is 24.7 Å². The van der Waals surface area contributed by atoms with Crippen LogP contribution in [-0.2, 0) is 0 Å². The first-order valence-electron chi connectivity index (χ1n) is 3.59. The summed E-state index contributed by atoms with van der Waals surface area (Å²) in [6, 6.07) is 0. The van der Waals surface area contributed by atoms with Crippen molar-refractivity contribution in [2.75, 3.05) is 13.6 Å². The van der Waals surface area contributed by atoms with Crippen molar-refractivity contribution in [3.63, 3.8) is 0 Å². The SMILES string of the molecule is C=CC(=NC)C1(CN)CC1. The first-order valence-corrected chi connectivity index (χ1v) is 3.59. The Hall–Kier alpha value is -0.630. The van der Waals surface area contributed by atoms with Crippen LogP contribution >= 0.6 is 0 Å². The van der Waals surface area contributed by atoms with E-state index in [4.69, 9.17) is 5.73 Å². The van der Waals surface area contributed by atoms with E-state index in [0.29, 0.717) is 6.54 Å². The highest BCUT2D eigenvalue weighted by atomic mass is 14.8. The van der Waals surface area contributed by atoms with Gasteiger partial charge >= 0.3 is 0 Å². The minimum atomic E-state index is 0.219. The van der Waals surface area contributed by atoms with Crippen LogP contribution in [0.25, 0.3) is 0 Å². The van der Waals surface area contributed by atoms with Crippen LogP contribution in [0.5, 0.6) is 0 Å². The summed E-state index contributed by atoms with van der Waals surface area (Å²) < 4.78 is 0. The van der Waals surface area contributed by atoms with Gasteiger partial charge in [-0.1, -0.05) is 6.58 Å². The van der Waals surface area contributed by atoms with E-state index in [-0.39, 0.29) is 5.41 Å². The Balaban J connectivity index is 2.70. The fourth-order valence-electron chi connectivity index (χ4n) is 1.26. The van der Waals surface area contributed by atoms with Gasteiger partial charge in [0.05, 0.1) is 0 Å². The number of hydrogen-bond donors (Lipinski definition) is 1. The molecule has 0 radical (unpaired) electrons. The lowest BCUT2D eigenvalue weighted by atomic mass is 10.0. The summed E-state index contributed by atoms with van der Waals surface area (Å²) in [5.41, 5.74) is 6.89. The Morgan fingerprint density at radius 3 is 2.50 bits per heavy atom. The van der Waals surface area contributed by atoms with Crippen molar-refractivity contribution in [2.45, 2.75) is 12.8 Å². The zero-order valence-electron chi connectivity index (χ0n) is 6.43. The van der Waals surface area contributed by atoms with Crippen molar-refractivity contribution >= 4 is 5.71 Å². The lowest BCUT2D eigenvalue weighted by Crippen LogP contribution is -2.23. The maximum atomic E-state index is 5.59. The molecule has 56 valence electrons. The zero-order valence-corrected chi connectivity index (χ0v) is 6.43. The van der Waals surface area contributed by atoms with Crippen LogP contribution in [0.1, 0.15) is 12.8 Å². The number of aliphatic imine (C=N–C) groups is 1. The van der Waals surface area contributed by atoms with E-state index in [0.717, 1.165) is 5.71 Å². The van der Waals surface area contributed by atoms with Crippen LogP contribution < -0.4 is 5.73 Å². The van der Waals surface area contributed by atoms with Crippen LogP contribution in [0, 0.1) is 5.41 Å². The fraction of sp³-hybridized carbons (Fsp3) is 0.625. The Labute approximate surface area is 61.8 Å². The summed E-state index contributed by atoms with van der Waals surface area (Å²) in [5.74, 6) is 0. The van der Waals surface area contributed by atoms with E-state index < -0.39 is 0 Å². The maximum absolute atomic E-state index is 5.59. The topological polar surface area (TPSA) is 38.4 Å². The second kappa shape index (κ2) is 2.54. The van der Waals surface area contributed by atoms with Gasteiger partial charge in [-0.15, -0.1) is 0 Å². The third kappa shape index (κ3) is 0.991. The Morgan fingerprint density at radius 2 is 2.40 bits per heavy atom. The van der Waals surface area contributed by atoms with E-state index in [2.05, 4.69) is 11.6 Å². The number of nitrogens with two attached hydrogens (primary N) is 1. The molecule has 1 fully saturated rings. The molecule has 2 nitrogen and oxygen atoms in total. The summed E-state index contributed by atoms with van der Waals surface area (Å²) in [4.78, 5) is 4.13. The Kier molecular flexibility index (Phi) is 1.90. The van der Waals surface area contributed by atoms with Gasteiger partial charge in [-0.3, -0.25) is 4.99 Å². The molecule has 0 aromatic rings. The third-order valence-corrected chi connectivity index (χ3v) is 2.22. The van der Waals surface area contributed by atoms with Crippen LogP contribution in [0.2, 0.25) is 0 Å². The fourth-order valence-corrected chi connectivity index (χ4v) is 1.26. The van der Waals surface area contributed by atoms with Crippen molar-refractivity contribution in [3.05, 3.63) is 12.7 Å². The van der Waals surface area contributed by atoms with E-state index >= 15 is 0 Å². The highest BCUT2D eigenvalue weighted by Gasteiger charge is 2.44. The smallest absolute Gasteiger partial charge is 0.0413 e. The minimum Gasteiger partial charge on any atom is -0.330 e. The Morgan fingerprint density at radius 1 is 1.80 bits per heavy atom. The van der Waals surface area contributed by atoms with Crippen LogP contribution in [0.4, 0.5) is 0 Å². The molecule has 0 aromatic carbocycles. The van der Waals surface area contributed by atoms with Gasteiger partial charge in [0.1, 0.15) is 0 Å². The normalized spacial score (nSPS) is 22.4. The molecule has 0 spiro atoms. The predicted octanol–water partition coefficient (Wildman–Crippen LogP) is 0.982. The highest BCUT2D eigenvalue weighted by molar-refractivity contribution is 6.01. The van der Waals surface area contributed by atoms with Crippen molar-refractivity contribution in [1.29, 1.82) is 0 Å². The molecular formula is C8H14N2. The first-order chi connectivity index (χ1) is 4.79. The molecule has 0 amide bonds. The molecule has 1 aliphatic rings. The Bertz CT molecular complexity index is 166. The van der Waals surface area contributed by atoms with E-state index in [1.807, 2.05) is 6.08 Å². The average molecular weight is 138 g/mol. The van der Waals surface area contributed by atoms with Crippen LogP contribution in [0.15, 0.2) is 17.6 Å². The second-order valence-electron chi connectivity index (χ2n) is 2.80. The molecule has 1 aliphatic carbocycles. The average Bonchev–Trinajstić information content (AvgIpc) is 2.72. The van der Waals surface area contributed by atoms with Gasteiger partial charge in [0.15, 0.2) is 0 Å². The summed E-state index contributed by atoms with van der Waals surface area (Å²) >= 11 is 0. The molecule has 0 unspecified atom stereocenters. The molecule has 0 saturated heterocycles. The highest BCUT2D eigenvalue weighted by Crippen LogP contribution is 2.46.